The first-order chi connectivity index (χ1) is 18.7. The average molecular weight is 515 g/mol. The average Bonchev–Trinajstić information content (AvgIpc) is 2.98. The highest BCUT2D eigenvalue weighted by Crippen LogP contribution is 2.24. The second-order valence-corrected chi connectivity index (χ2v) is 10.3. The van der Waals surface area contributed by atoms with Crippen LogP contribution in [-0.2, 0) is 13.1 Å². The number of carbonyl (C=O) groups is 1. The molecule has 2 aliphatic heterocycles. The lowest BCUT2D eigenvalue weighted by Crippen LogP contribution is -2.45. The molecule has 1 atom stereocenters. The number of rotatable bonds is 9. The van der Waals surface area contributed by atoms with Gasteiger partial charge in [-0.2, -0.15) is 0 Å². The van der Waals surface area contributed by atoms with Crippen molar-refractivity contribution in [1.82, 2.24) is 19.7 Å². The zero-order valence-electron chi connectivity index (χ0n) is 22.3. The Kier molecular flexibility index (Phi) is 8.89. The minimum Gasteiger partial charge on any atom is -0.496 e. The number of ether oxygens (including phenoxy) is 2. The molecule has 3 aromatic rings. The largest absolute Gasteiger partial charge is 0.496 e. The van der Waals surface area contributed by atoms with Crippen LogP contribution >= 0.6 is 0 Å². The fourth-order valence-electron chi connectivity index (χ4n) is 5.40. The molecule has 1 aromatic heterocycles. The van der Waals surface area contributed by atoms with Crippen molar-refractivity contribution in [3.63, 3.8) is 0 Å². The standard InChI is InChI=1S/C31H38N4O3/c1-37-30-9-3-2-8-29(30)31(36)35-15-5-7-27(23-35)24-38-28-12-10-25(11-13-28)21-33-16-18-34(19-17-33)22-26-6-4-14-32-20-26/h2-4,6,8-14,20,27H,5,7,15-19,21-24H2,1H3/t27-/m1/s1. The van der Waals surface area contributed by atoms with Crippen LogP contribution in [0.15, 0.2) is 73.1 Å². The van der Waals surface area contributed by atoms with Gasteiger partial charge in [0.25, 0.3) is 5.91 Å². The van der Waals surface area contributed by atoms with Crippen LogP contribution in [0.25, 0.3) is 0 Å². The van der Waals surface area contributed by atoms with Crippen LogP contribution in [0.5, 0.6) is 11.5 Å². The molecule has 0 spiro atoms. The Morgan fingerprint density at radius 3 is 2.34 bits per heavy atom. The Morgan fingerprint density at radius 1 is 0.895 bits per heavy atom. The predicted molar refractivity (Wildman–Crippen MR) is 148 cm³/mol. The Bertz CT molecular complexity index is 1160. The maximum absolute atomic E-state index is 13.1. The van der Waals surface area contributed by atoms with Gasteiger partial charge in [-0.25, -0.2) is 0 Å². The van der Waals surface area contributed by atoms with E-state index in [-0.39, 0.29) is 5.91 Å². The molecule has 7 nitrogen and oxygen atoms in total. The summed E-state index contributed by atoms with van der Waals surface area (Å²) in [6.07, 6.45) is 5.85. The van der Waals surface area contributed by atoms with Gasteiger partial charge >= 0.3 is 0 Å². The number of methoxy groups -OCH3 is 1. The van der Waals surface area contributed by atoms with E-state index >= 15 is 0 Å². The van der Waals surface area contributed by atoms with Gasteiger partial charge in [0.15, 0.2) is 0 Å². The van der Waals surface area contributed by atoms with Crippen molar-refractivity contribution in [1.29, 1.82) is 0 Å². The van der Waals surface area contributed by atoms with E-state index in [1.54, 1.807) is 7.11 Å². The lowest BCUT2D eigenvalue weighted by atomic mass is 9.98. The lowest BCUT2D eigenvalue weighted by Gasteiger charge is -2.34. The molecule has 0 N–H and O–H groups in total. The number of para-hydroxylation sites is 1. The van der Waals surface area contributed by atoms with Crippen molar-refractivity contribution < 1.29 is 14.3 Å². The maximum atomic E-state index is 13.1. The number of amides is 1. The number of hydrogen-bond acceptors (Lipinski definition) is 6. The van der Waals surface area contributed by atoms with Crippen LogP contribution in [0.2, 0.25) is 0 Å². The van der Waals surface area contributed by atoms with Crippen LogP contribution in [0.3, 0.4) is 0 Å². The molecule has 2 fully saturated rings. The number of benzene rings is 2. The monoisotopic (exact) mass is 514 g/mol. The summed E-state index contributed by atoms with van der Waals surface area (Å²) in [7, 11) is 1.61. The van der Waals surface area contributed by atoms with Crippen LogP contribution in [0.4, 0.5) is 0 Å². The molecule has 0 saturated carbocycles. The number of piperazine rings is 1. The minimum atomic E-state index is 0.0365. The maximum Gasteiger partial charge on any atom is 0.257 e. The highest BCUT2D eigenvalue weighted by atomic mass is 16.5. The number of nitrogens with zero attached hydrogens (tertiary/aromatic N) is 4. The van der Waals surface area contributed by atoms with Crippen molar-refractivity contribution in [3.8, 4) is 11.5 Å². The van der Waals surface area contributed by atoms with Gasteiger partial charge in [0.05, 0.1) is 19.3 Å². The summed E-state index contributed by atoms with van der Waals surface area (Å²) in [4.78, 5) is 24.3. The molecule has 2 aromatic carbocycles. The van der Waals surface area contributed by atoms with E-state index in [0.29, 0.717) is 30.4 Å². The molecule has 0 aliphatic carbocycles. The number of piperidine rings is 1. The Balaban J connectivity index is 1.06. The summed E-state index contributed by atoms with van der Waals surface area (Å²) in [5.41, 5.74) is 3.21. The molecule has 5 rings (SSSR count). The predicted octanol–water partition coefficient (Wildman–Crippen LogP) is 4.34. The lowest BCUT2D eigenvalue weighted by molar-refractivity contribution is 0.0630. The van der Waals surface area contributed by atoms with Gasteiger partial charge in [0.2, 0.25) is 0 Å². The van der Waals surface area contributed by atoms with Crippen molar-refractivity contribution in [2.45, 2.75) is 25.9 Å². The molecule has 3 heterocycles. The van der Waals surface area contributed by atoms with Gasteiger partial charge in [-0.3, -0.25) is 19.6 Å². The third-order valence-electron chi connectivity index (χ3n) is 7.55. The molecule has 0 radical (unpaired) electrons. The summed E-state index contributed by atoms with van der Waals surface area (Å²) >= 11 is 0. The van der Waals surface area contributed by atoms with Crippen LogP contribution in [-0.4, -0.2) is 78.6 Å². The zero-order valence-corrected chi connectivity index (χ0v) is 22.3. The fourth-order valence-corrected chi connectivity index (χ4v) is 5.40. The van der Waals surface area contributed by atoms with E-state index in [4.69, 9.17) is 9.47 Å². The summed E-state index contributed by atoms with van der Waals surface area (Å²) in [5, 5.41) is 0. The van der Waals surface area contributed by atoms with Crippen molar-refractivity contribution >= 4 is 5.91 Å². The summed E-state index contributed by atoms with van der Waals surface area (Å²) in [6, 6.07) is 20.1. The molecule has 2 aliphatic rings. The smallest absolute Gasteiger partial charge is 0.257 e. The van der Waals surface area contributed by atoms with E-state index < -0.39 is 0 Å². The Hall–Kier alpha value is -3.42. The van der Waals surface area contributed by atoms with Crippen LogP contribution < -0.4 is 9.47 Å². The Morgan fingerprint density at radius 2 is 1.63 bits per heavy atom. The molecule has 7 heteroatoms. The van der Waals surface area contributed by atoms with Gasteiger partial charge in [0, 0.05) is 70.7 Å². The molecule has 2 saturated heterocycles. The molecular formula is C31H38N4O3. The van der Waals surface area contributed by atoms with Gasteiger partial charge < -0.3 is 14.4 Å². The number of likely N-dealkylation sites (tertiary alicyclic amines) is 1. The first-order valence-electron chi connectivity index (χ1n) is 13.7. The van der Waals surface area contributed by atoms with Crippen LogP contribution in [0, 0.1) is 5.92 Å². The molecule has 38 heavy (non-hydrogen) atoms. The van der Waals surface area contributed by atoms with Gasteiger partial charge in [0.1, 0.15) is 11.5 Å². The zero-order chi connectivity index (χ0) is 26.2. The SMILES string of the molecule is COc1ccccc1C(=O)N1CCC[C@@H](COc2ccc(CN3CCN(Cc4cccnc4)CC3)cc2)C1. The summed E-state index contributed by atoms with van der Waals surface area (Å²) in [6.45, 7) is 8.34. The first kappa shape index (κ1) is 26.2. The molecule has 1 amide bonds. The van der Waals surface area contributed by atoms with E-state index in [1.807, 2.05) is 47.6 Å². The van der Waals surface area contributed by atoms with Crippen molar-refractivity contribution in [2.75, 3.05) is 53.0 Å². The topological polar surface area (TPSA) is 58.1 Å². The number of aromatic nitrogens is 1. The summed E-state index contributed by atoms with van der Waals surface area (Å²) in [5.74, 6) is 1.88. The second kappa shape index (κ2) is 12.9. The third-order valence-corrected chi connectivity index (χ3v) is 7.55. The second-order valence-electron chi connectivity index (χ2n) is 10.3. The molecule has 200 valence electrons. The minimum absolute atomic E-state index is 0.0365. The quantitative estimate of drug-likeness (QED) is 0.424. The van der Waals surface area contributed by atoms with Gasteiger partial charge in [-0.1, -0.05) is 30.3 Å². The van der Waals surface area contributed by atoms with Crippen molar-refractivity contribution in [2.24, 2.45) is 5.92 Å². The summed E-state index contributed by atoms with van der Waals surface area (Å²) < 4.78 is 11.5. The van der Waals surface area contributed by atoms with E-state index in [0.717, 1.165) is 64.4 Å². The van der Waals surface area contributed by atoms with Crippen LogP contribution in [0.1, 0.15) is 34.3 Å². The highest BCUT2D eigenvalue weighted by molar-refractivity contribution is 5.97. The molecule has 0 bridgehead atoms. The molecule has 0 unspecified atom stereocenters. The Labute approximate surface area is 226 Å². The van der Waals surface area contributed by atoms with Gasteiger partial charge in [-0.05, 0) is 54.3 Å². The number of hydrogen-bond donors (Lipinski definition) is 0. The number of carbonyl (C=O) groups excluding carboxylic acids is 1. The molecular weight excluding hydrogens is 476 g/mol. The highest BCUT2D eigenvalue weighted by Gasteiger charge is 2.26. The van der Waals surface area contributed by atoms with E-state index in [9.17, 15) is 4.79 Å². The number of pyridine rings is 1. The van der Waals surface area contributed by atoms with E-state index in [1.165, 1.54) is 11.1 Å². The van der Waals surface area contributed by atoms with Crippen molar-refractivity contribution in [3.05, 3.63) is 89.7 Å². The normalized spacial score (nSPS) is 18.8. The van der Waals surface area contributed by atoms with Gasteiger partial charge in [-0.15, -0.1) is 0 Å². The first-order valence-corrected chi connectivity index (χ1v) is 13.7. The van der Waals surface area contributed by atoms with E-state index in [2.05, 4.69) is 45.1 Å². The fraction of sp³-hybridized carbons (Fsp3) is 0.419. The third kappa shape index (κ3) is 6.91.